The Bertz CT molecular complexity index is 608. The maximum atomic E-state index is 5.56. The molecule has 1 atom stereocenters. The van der Waals surface area contributed by atoms with Gasteiger partial charge in [0.25, 0.3) is 0 Å². The standard InChI is InChI=1S/C21H37N5OS/c1-17-8-9-20(28-17)19(26-12-14-27-15-13-26)16-24-21(22-2)23-10-11-25(3)18-6-4-5-7-18/h8-9,18-19H,4-7,10-16H2,1-3H3,(H2,22,23,24). The van der Waals surface area contributed by atoms with Crippen LogP contribution in [0.2, 0.25) is 0 Å². The van der Waals surface area contributed by atoms with Crippen molar-refractivity contribution in [3.05, 3.63) is 21.9 Å². The van der Waals surface area contributed by atoms with E-state index >= 15 is 0 Å². The number of hydrogen-bond acceptors (Lipinski definition) is 5. The third-order valence-corrected chi connectivity index (χ3v) is 7.07. The monoisotopic (exact) mass is 407 g/mol. The lowest BCUT2D eigenvalue weighted by molar-refractivity contribution is 0.0177. The fraction of sp³-hybridized carbons (Fsp3) is 0.762. The van der Waals surface area contributed by atoms with Crippen LogP contribution in [0.4, 0.5) is 0 Å². The first-order valence-corrected chi connectivity index (χ1v) is 11.5. The zero-order valence-electron chi connectivity index (χ0n) is 17.7. The van der Waals surface area contributed by atoms with E-state index in [1.165, 1.54) is 35.4 Å². The van der Waals surface area contributed by atoms with E-state index in [0.29, 0.717) is 6.04 Å². The highest BCUT2D eigenvalue weighted by Gasteiger charge is 2.24. The Hall–Kier alpha value is -1.15. The summed E-state index contributed by atoms with van der Waals surface area (Å²) in [6.45, 7) is 8.64. The number of guanidine groups is 1. The molecule has 1 aromatic heterocycles. The van der Waals surface area contributed by atoms with Crippen molar-refractivity contribution >= 4 is 17.3 Å². The number of aryl methyl sites for hydroxylation is 1. The van der Waals surface area contributed by atoms with Crippen LogP contribution in [0.1, 0.15) is 41.5 Å². The molecule has 1 aliphatic carbocycles. The summed E-state index contributed by atoms with van der Waals surface area (Å²) in [6, 6.07) is 5.63. The highest BCUT2D eigenvalue weighted by atomic mass is 32.1. The van der Waals surface area contributed by atoms with Crippen LogP contribution in [0.15, 0.2) is 17.1 Å². The molecule has 1 aromatic rings. The largest absolute Gasteiger partial charge is 0.379 e. The molecule has 7 heteroatoms. The maximum absolute atomic E-state index is 5.56. The number of aliphatic imine (C=N–C) groups is 1. The lowest BCUT2D eigenvalue weighted by Gasteiger charge is -2.34. The van der Waals surface area contributed by atoms with Gasteiger partial charge >= 0.3 is 0 Å². The second-order valence-corrected chi connectivity index (χ2v) is 9.23. The molecule has 2 heterocycles. The molecule has 0 radical (unpaired) electrons. The highest BCUT2D eigenvalue weighted by Crippen LogP contribution is 2.28. The van der Waals surface area contributed by atoms with Gasteiger partial charge in [-0.15, -0.1) is 11.3 Å². The lowest BCUT2D eigenvalue weighted by Crippen LogP contribution is -2.47. The van der Waals surface area contributed by atoms with E-state index in [1.54, 1.807) is 0 Å². The Balaban J connectivity index is 1.49. The number of likely N-dealkylation sites (N-methyl/N-ethyl adjacent to an activating group) is 1. The van der Waals surface area contributed by atoms with Crippen molar-refractivity contribution in [3.8, 4) is 0 Å². The van der Waals surface area contributed by atoms with Crippen LogP contribution in [0, 0.1) is 6.92 Å². The molecular weight excluding hydrogens is 370 g/mol. The van der Waals surface area contributed by atoms with Gasteiger partial charge in [0.1, 0.15) is 0 Å². The van der Waals surface area contributed by atoms with Gasteiger partial charge in [-0.2, -0.15) is 0 Å². The van der Waals surface area contributed by atoms with Gasteiger partial charge < -0.3 is 20.3 Å². The molecule has 2 fully saturated rings. The van der Waals surface area contributed by atoms with E-state index < -0.39 is 0 Å². The van der Waals surface area contributed by atoms with Crippen LogP contribution in [-0.4, -0.2) is 81.8 Å². The summed E-state index contributed by atoms with van der Waals surface area (Å²) in [6.07, 6.45) is 5.48. The van der Waals surface area contributed by atoms with Crippen LogP contribution in [-0.2, 0) is 4.74 Å². The summed E-state index contributed by atoms with van der Waals surface area (Å²) in [4.78, 5) is 12.2. The molecular formula is C21H37N5OS. The average molecular weight is 408 g/mol. The van der Waals surface area contributed by atoms with Crippen molar-refractivity contribution in [2.24, 2.45) is 4.99 Å². The Morgan fingerprint density at radius 3 is 2.68 bits per heavy atom. The number of thiophene rings is 1. The van der Waals surface area contributed by atoms with Crippen LogP contribution < -0.4 is 10.6 Å². The molecule has 2 aliphatic rings. The van der Waals surface area contributed by atoms with Gasteiger partial charge in [-0.3, -0.25) is 9.89 Å². The van der Waals surface area contributed by atoms with Crippen LogP contribution in [0.5, 0.6) is 0 Å². The van der Waals surface area contributed by atoms with Gasteiger partial charge in [0.15, 0.2) is 5.96 Å². The van der Waals surface area contributed by atoms with Gasteiger partial charge in [0.05, 0.1) is 19.3 Å². The molecule has 1 saturated carbocycles. The molecule has 0 spiro atoms. The minimum atomic E-state index is 0.363. The lowest BCUT2D eigenvalue weighted by atomic mass is 10.2. The van der Waals surface area contributed by atoms with Crippen molar-refractivity contribution in [3.63, 3.8) is 0 Å². The molecule has 1 saturated heterocycles. The maximum Gasteiger partial charge on any atom is 0.191 e. The van der Waals surface area contributed by atoms with Crippen molar-refractivity contribution in [2.45, 2.75) is 44.7 Å². The zero-order chi connectivity index (χ0) is 19.8. The fourth-order valence-corrected chi connectivity index (χ4v) is 5.24. The third-order valence-electron chi connectivity index (χ3n) is 5.97. The van der Waals surface area contributed by atoms with E-state index in [1.807, 2.05) is 18.4 Å². The second kappa shape index (κ2) is 11.1. The molecule has 2 N–H and O–H groups in total. The van der Waals surface area contributed by atoms with Gasteiger partial charge in [-0.1, -0.05) is 12.8 Å². The molecule has 158 valence electrons. The van der Waals surface area contributed by atoms with Crippen LogP contribution >= 0.6 is 11.3 Å². The minimum Gasteiger partial charge on any atom is -0.379 e. The van der Waals surface area contributed by atoms with E-state index in [-0.39, 0.29) is 0 Å². The molecule has 6 nitrogen and oxygen atoms in total. The van der Waals surface area contributed by atoms with E-state index in [9.17, 15) is 0 Å². The predicted octanol–water partition coefficient (Wildman–Crippen LogP) is 2.47. The SMILES string of the molecule is CN=C(NCCN(C)C1CCCC1)NCC(c1ccc(C)s1)N1CCOCC1. The quantitative estimate of drug-likeness (QED) is 0.512. The summed E-state index contributed by atoms with van der Waals surface area (Å²) in [7, 11) is 4.11. The Morgan fingerprint density at radius 1 is 1.29 bits per heavy atom. The number of nitrogens with zero attached hydrogens (tertiary/aromatic N) is 3. The highest BCUT2D eigenvalue weighted by molar-refractivity contribution is 7.12. The fourth-order valence-electron chi connectivity index (χ4n) is 4.22. The molecule has 0 amide bonds. The first-order valence-electron chi connectivity index (χ1n) is 10.7. The Labute approximate surface area is 174 Å². The summed E-state index contributed by atoms with van der Waals surface area (Å²) in [5.41, 5.74) is 0. The van der Waals surface area contributed by atoms with Crippen LogP contribution in [0.25, 0.3) is 0 Å². The zero-order valence-corrected chi connectivity index (χ0v) is 18.6. The van der Waals surface area contributed by atoms with E-state index in [2.05, 4.69) is 51.5 Å². The minimum absolute atomic E-state index is 0.363. The second-order valence-electron chi connectivity index (χ2n) is 7.91. The normalized spacial score (nSPS) is 20.6. The molecule has 1 aliphatic heterocycles. The average Bonchev–Trinajstić information content (AvgIpc) is 3.39. The van der Waals surface area contributed by atoms with Crippen molar-refractivity contribution in [1.29, 1.82) is 0 Å². The number of nitrogens with one attached hydrogen (secondary N) is 2. The number of rotatable bonds is 8. The smallest absolute Gasteiger partial charge is 0.191 e. The molecule has 0 aromatic carbocycles. The van der Waals surface area contributed by atoms with Gasteiger partial charge in [0, 0.05) is 55.6 Å². The molecule has 3 rings (SSSR count). The number of hydrogen-bond donors (Lipinski definition) is 2. The van der Waals surface area contributed by atoms with Crippen molar-refractivity contribution in [2.75, 3.05) is 60.0 Å². The van der Waals surface area contributed by atoms with Crippen molar-refractivity contribution in [1.82, 2.24) is 20.4 Å². The van der Waals surface area contributed by atoms with Gasteiger partial charge in [-0.05, 0) is 38.9 Å². The number of ether oxygens (including phenoxy) is 1. The summed E-state index contributed by atoms with van der Waals surface area (Å²) in [5.74, 6) is 0.895. The predicted molar refractivity (Wildman–Crippen MR) is 118 cm³/mol. The number of morpholine rings is 1. The molecule has 28 heavy (non-hydrogen) atoms. The molecule has 0 bridgehead atoms. The Morgan fingerprint density at radius 2 is 2.04 bits per heavy atom. The topological polar surface area (TPSA) is 52.1 Å². The summed E-state index contributed by atoms with van der Waals surface area (Å²) < 4.78 is 5.56. The summed E-state index contributed by atoms with van der Waals surface area (Å²) >= 11 is 1.90. The van der Waals surface area contributed by atoms with Gasteiger partial charge in [0.2, 0.25) is 0 Å². The first-order chi connectivity index (χ1) is 13.7. The Kier molecular flexibility index (Phi) is 8.58. The third kappa shape index (κ3) is 6.17. The molecule has 1 unspecified atom stereocenters. The summed E-state index contributed by atoms with van der Waals surface area (Å²) in [5, 5.41) is 7.06. The first kappa shape index (κ1) is 21.6. The van der Waals surface area contributed by atoms with Crippen molar-refractivity contribution < 1.29 is 4.74 Å². The van der Waals surface area contributed by atoms with E-state index in [0.717, 1.165) is 57.9 Å². The van der Waals surface area contributed by atoms with Gasteiger partial charge in [-0.25, -0.2) is 0 Å². The van der Waals surface area contributed by atoms with Crippen LogP contribution in [0.3, 0.4) is 0 Å². The van der Waals surface area contributed by atoms with E-state index in [4.69, 9.17) is 4.74 Å².